The summed E-state index contributed by atoms with van der Waals surface area (Å²) in [7, 11) is 1.73. The van der Waals surface area contributed by atoms with Gasteiger partial charge in [-0.05, 0) is 49.9 Å². The van der Waals surface area contributed by atoms with E-state index in [0.717, 1.165) is 36.3 Å². The van der Waals surface area contributed by atoms with Gasteiger partial charge in [-0.3, -0.25) is 4.79 Å². The maximum Gasteiger partial charge on any atom is 0.253 e. The molecule has 1 amide bonds. The van der Waals surface area contributed by atoms with E-state index in [2.05, 4.69) is 19.2 Å². The van der Waals surface area contributed by atoms with Gasteiger partial charge in [0.1, 0.15) is 0 Å². The summed E-state index contributed by atoms with van der Waals surface area (Å²) in [4.78, 5) is 14.6. The zero-order chi connectivity index (χ0) is 15.4. The van der Waals surface area contributed by atoms with E-state index in [9.17, 15) is 4.79 Å². The molecule has 1 N–H and O–H groups in total. The van der Waals surface area contributed by atoms with Crippen LogP contribution in [0.4, 0.5) is 5.69 Å². The Hall–Kier alpha value is -1.55. The van der Waals surface area contributed by atoms with E-state index in [1.54, 1.807) is 7.11 Å². The van der Waals surface area contributed by atoms with Crippen LogP contribution < -0.4 is 5.32 Å². The minimum Gasteiger partial charge on any atom is -0.385 e. The first-order chi connectivity index (χ1) is 10.1. The van der Waals surface area contributed by atoms with Gasteiger partial charge in [-0.15, -0.1) is 0 Å². The third-order valence-corrected chi connectivity index (χ3v) is 4.32. The summed E-state index contributed by atoms with van der Waals surface area (Å²) >= 11 is 0. The average Bonchev–Trinajstić information content (AvgIpc) is 2.49. The number of ether oxygens (including phenoxy) is 1. The van der Waals surface area contributed by atoms with Crippen LogP contribution in [-0.2, 0) is 4.74 Å². The molecule has 0 bridgehead atoms. The molecule has 21 heavy (non-hydrogen) atoms. The minimum atomic E-state index is 0.107. The van der Waals surface area contributed by atoms with E-state index in [-0.39, 0.29) is 12.0 Å². The zero-order valence-electron chi connectivity index (χ0n) is 13.5. The Morgan fingerprint density at radius 1 is 1.48 bits per heavy atom. The first-order valence-corrected chi connectivity index (χ1v) is 7.73. The highest BCUT2D eigenvalue weighted by Crippen LogP contribution is 2.23. The number of likely N-dealkylation sites (tertiary alicyclic amines) is 1. The van der Waals surface area contributed by atoms with Gasteiger partial charge >= 0.3 is 0 Å². The van der Waals surface area contributed by atoms with Crippen LogP contribution in [0.5, 0.6) is 0 Å². The van der Waals surface area contributed by atoms with E-state index in [1.165, 1.54) is 0 Å². The fourth-order valence-corrected chi connectivity index (χ4v) is 2.89. The lowest BCUT2D eigenvalue weighted by Gasteiger charge is -2.36. The molecule has 1 aromatic carbocycles. The second kappa shape index (κ2) is 6.94. The quantitative estimate of drug-likeness (QED) is 0.927. The molecular weight excluding hydrogens is 264 g/mol. The fourth-order valence-electron chi connectivity index (χ4n) is 2.89. The lowest BCUT2D eigenvalue weighted by Crippen LogP contribution is -2.46. The number of piperidine rings is 1. The molecule has 0 aliphatic carbocycles. The van der Waals surface area contributed by atoms with E-state index < -0.39 is 0 Å². The summed E-state index contributed by atoms with van der Waals surface area (Å²) in [5.41, 5.74) is 2.96. The normalized spacial score (nSPS) is 22.2. The topological polar surface area (TPSA) is 41.6 Å². The number of aryl methyl sites for hydroxylation is 1. The predicted molar refractivity (Wildman–Crippen MR) is 85.8 cm³/mol. The highest BCUT2D eigenvalue weighted by Gasteiger charge is 2.29. The predicted octanol–water partition coefficient (Wildman–Crippen LogP) is 2.92. The van der Waals surface area contributed by atoms with Crippen LogP contribution in [0.15, 0.2) is 18.2 Å². The number of carbonyl (C=O) groups excluding carboxylic acids is 1. The zero-order valence-corrected chi connectivity index (χ0v) is 13.5. The summed E-state index contributed by atoms with van der Waals surface area (Å²) in [6.45, 7) is 8.67. The Morgan fingerprint density at radius 3 is 2.86 bits per heavy atom. The van der Waals surface area contributed by atoms with Gasteiger partial charge in [-0.25, -0.2) is 0 Å². The van der Waals surface area contributed by atoms with Crippen molar-refractivity contribution in [2.45, 2.75) is 33.3 Å². The Morgan fingerprint density at radius 2 is 2.24 bits per heavy atom. The smallest absolute Gasteiger partial charge is 0.253 e. The Bertz CT molecular complexity index is 502. The number of nitrogens with one attached hydrogen (secondary N) is 1. The molecule has 4 heteroatoms. The molecule has 1 saturated heterocycles. The summed E-state index contributed by atoms with van der Waals surface area (Å²) in [5, 5.41) is 3.30. The van der Waals surface area contributed by atoms with Crippen molar-refractivity contribution in [1.29, 1.82) is 0 Å². The SMILES string of the molecule is CCNc1ccc(C(=O)N2CCC(C)C(OC)C2)cc1C. The third kappa shape index (κ3) is 3.56. The minimum absolute atomic E-state index is 0.107. The van der Waals surface area contributed by atoms with Gasteiger partial charge in [-0.1, -0.05) is 6.92 Å². The maximum absolute atomic E-state index is 12.6. The number of rotatable bonds is 4. The summed E-state index contributed by atoms with van der Waals surface area (Å²) < 4.78 is 5.49. The van der Waals surface area contributed by atoms with Crippen molar-refractivity contribution >= 4 is 11.6 Å². The highest BCUT2D eigenvalue weighted by molar-refractivity contribution is 5.95. The second-order valence-electron chi connectivity index (χ2n) is 5.85. The number of nitrogens with zero attached hydrogens (tertiary/aromatic N) is 1. The molecule has 1 aliphatic rings. The molecule has 4 nitrogen and oxygen atoms in total. The lowest BCUT2D eigenvalue weighted by molar-refractivity contribution is -0.00156. The standard InChI is InChI=1S/C17H26N2O2/c1-5-18-15-7-6-14(10-13(15)3)17(20)19-9-8-12(2)16(11-19)21-4/h6-7,10,12,16,18H,5,8-9,11H2,1-4H3. The van der Waals surface area contributed by atoms with Gasteiger partial charge in [0.05, 0.1) is 6.10 Å². The number of anilines is 1. The number of benzene rings is 1. The van der Waals surface area contributed by atoms with Crippen LogP contribution in [0.2, 0.25) is 0 Å². The molecule has 0 radical (unpaired) electrons. The summed E-state index contributed by atoms with van der Waals surface area (Å²) in [6.07, 6.45) is 1.14. The number of amides is 1. The van der Waals surface area contributed by atoms with Crippen LogP contribution in [0, 0.1) is 12.8 Å². The second-order valence-corrected chi connectivity index (χ2v) is 5.85. The average molecular weight is 290 g/mol. The van der Waals surface area contributed by atoms with Crippen LogP contribution in [-0.4, -0.2) is 43.7 Å². The monoisotopic (exact) mass is 290 g/mol. The van der Waals surface area contributed by atoms with Crippen molar-refractivity contribution in [3.05, 3.63) is 29.3 Å². The number of hydrogen-bond acceptors (Lipinski definition) is 3. The Kier molecular flexibility index (Phi) is 5.23. The third-order valence-electron chi connectivity index (χ3n) is 4.32. The lowest BCUT2D eigenvalue weighted by atomic mass is 9.95. The molecule has 0 saturated carbocycles. The van der Waals surface area contributed by atoms with Crippen molar-refractivity contribution in [1.82, 2.24) is 4.90 Å². The van der Waals surface area contributed by atoms with E-state index in [0.29, 0.717) is 12.5 Å². The molecular formula is C17H26N2O2. The molecule has 116 valence electrons. The molecule has 1 fully saturated rings. The van der Waals surface area contributed by atoms with Gasteiger partial charge in [0.2, 0.25) is 0 Å². The molecule has 2 atom stereocenters. The highest BCUT2D eigenvalue weighted by atomic mass is 16.5. The van der Waals surface area contributed by atoms with Crippen LogP contribution in [0.3, 0.4) is 0 Å². The van der Waals surface area contributed by atoms with Crippen LogP contribution in [0.1, 0.15) is 36.2 Å². The largest absolute Gasteiger partial charge is 0.385 e. The van der Waals surface area contributed by atoms with E-state index in [1.807, 2.05) is 30.0 Å². The van der Waals surface area contributed by atoms with Gasteiger partial charge in [0, 0.05) is 38.0 Å². The van der Waals surface area contributed by atoms with Gasteiger partial charge < -0.3 is 15.0 Å². The number of methoxy groups -OCH3 is 1. The molecule has 0 spiro atoms. The van der Waals surface area contributed by atoms with Crippen LogP contribution >= 0.6 is 0 Å². The van der Waals surface area contributed by atoms with Crippen molar-refractivity contribution < 1.29 is 9.53 Å². The number of hydrogen-bond donors (Lipinski definition) is 1. The summed E-state index contributed by atoms with van der Waals surface area (Å²) in [6, 6.07) is 5.87. The van der Waals surface area contributed by atoms with Gasteiger partial charge in [-0.2, -0.15) is 0 Å². The Balaban J connectivity index is 2.11. The van der Waals surface area contributed by atoms with Crippen molar-refractivity contribution in [2.75, 3.05) is 32.1 Å². The molecule has 1 aliphatic heterocycles. The van der Waals surface area contributed by atoms with Gasteiger partial charge in [0.25, 0.3) is 5.91 Å². The van der Waals surface area contributed by atoms with Crippen molar-refractivity contribution in [2.24, 2.45) is 5.92 Å². The number of carbonyl (C=O) groups is 1. The van der Waals surface area contributed by atoms with Crippen molar-refractivity contribution in [3.8, 4) is 0 Å². The van der Waals surface area contributed by atoms with Crippen LogP contribution in [0.25, 0.3) is 0 Å². The molecule has 1 aromatic rings. The molecule has 2 rings (SSSR count). The molecule has 0 aromatic heterocycles. The van der Waals surface area contributed by atoms with Crippen molar-refractivity contribution in [3.63, 3.8) is 0 Å². The first kappa shape index (κ1) is 15.8. The molecule has 1 heterocycles. The first-order valence-electron chi connectivity index (χ1n) is 7.73. The van der Waals surface area contributed by atoms with Gasteiger partial charge in [0.15, 0.2) is 0 Å². The fraction of sp³-hybridized carbons (Fsp3) is 0.588. The van der Waals surface area contributed by atoms with E-state index in [4.69, 9.17) is 4.74 Å². The Labute approximate surface area is 127 Å². The summed E-state index contributed by atoms with van der Waals surface area (Å²) in [5.74, 6) is 0.618. The van der Waals surface area contributed by atoms with E-state index >= 15 is 0 Å². The maximum atomic E-state index is 12.6. The molecule has 2 unspecified atom stereocenters.